The molecule has 0 saturated carbocycles. The summed E-state index contributed by atoms with van der Waals surface area (Å²) >= 11 is 17.4. The maximum atomic E-state index is 6.08. The largest absolute Gasteiger partial charge is 0.331 e. The van der Waals surface area contributed by atoms with Crippen molar-refractivity contribution in [3.8, 4) is 0 Å². The molecule has 104 valence electrons. The zero-order valence-electron chi connectivity index (χ0n) is 10.5. The minimum absolute atomic E-state index is 0.527. The molecule has 20 heavy (non-hydrogen) atoms. The van der Waals surface area contributed by atoms with Crippen LogP contribution in [0.4, 0.5) is 0 Å². The number of H-pyrrole nitrogens is 1. The van der Waals surface area contributed by atoms with Gasteiger partial charge in [-0.1, -0.05) is 23.2 Å². The van der Waals surface area contributed by atoms with Crippen molar-refractivity contribution in [1.29, 1.82) is 0 Å². The third-order valence-corrected chi connectivity index (χ3v) is 4.19. The summed E-state index contributed by atoms with van der Waals surface area (Å²) in [5.41, 5.74) is 1.88. The topological polar surface area (TPSA) is 38.5 Å². The third kappa shape index (κ3) is 2.61. The van der Waals surface area contributed by atoms with Crippen LogP contribution < -0.4 is 0 Å². The highest BCUT2D eigenvalue weighted by atomic mass is 35.5. The van der Waals surface area contributed by atoms with Gasteiger partial charge in [-0.25, -0.2) is 0 Å². The molecule has 0 unspecified atom stereocenters. The van der Waals surface area contributed by atoms with Crippen LogP contribution in [0.3, 0.4) is 0 Å². The summed E-state index contributed by atoms with van der Waals surface area (Å²) in [6, 6.07) is 5.57. The zero-order valence-corrected chi connectivity index (χ0v) is 12.8. The minimum atomic E-state index is 0.527. The Kier molecular flexibility index (Phi) is 3.83. The number of fused-ring (bicyclic) bond motifs is 1. The minimum Gasteiger partial charge on any atom is -0.331 e. The summed E-state index contributed by atoms with van der Waals surface area (Å²) in [7, 11) is 0. The van der Waals surface area contributed by atoms with Crippen molar-refractivity contribution in [3.05, 3.63) is 45.4 Å². The van der Waals surface area contributed by atoms with Crippen LogP contribution in [0.15, 0.2) is 30.6 Å². The Labute approximate surface area is 130 Å². The highest BCUT2D eigenvalue weighted by Crippen LogP contribution is 2.27. The molecule has 0 aliphatic rings. The summed E-state index contributed by atoms with van der Waals surface area (Å²) in [6.45, 7) is 1.65. The molecule has 7 heteroatoms. The molecule has 0 amide bonds. The summed E-state index contributed by atoms with van der Waals surface area (Å²) < 4.78 is 4.62. The monoisotopic (exact) mass is 326 g/mol. The number of nitrogens with one attached hydrogen (secondary N) is 1. The zero-order chi connectivity index (χ0) is 14.1. The van der Waals surface area contributed by atoms with Gasteiger partial charge < -0.3 is 9.55 Å². The average molecular weight is 327 g/mol. The first kappa shape index (κ1) is 13.7. The van der Waals surface area contributed by atoms with Crippen molar-refractivity contribution < 1.29 is 0 Å². The number of nitrogens with zero attached hydrogens (tertiary/aromatic N) is 3. The van der Waals surface area contributed by atoms with E-state index in [2.05, 4.69) is 10.1 Å². The van der Waals surface area contributed by atoms with Gasteiger partial charge in [0.2, 0.25) is 0 Å². The first-order chi connectivity index (χ1) is 9.65. The van der Waals surface area contributed by atoms with Gasteiger partial charge >= 0.3 is 0 Å². The lowest BCUT2D eigenvalue weighted by molar-refractivity contribution is 0.530. The maximum Gasteiger partial charge on any atom is 0.178 e. The first-order valence-electron chi connectivity index (χ1n) is 6.20. The van der Waals surface area contributed by atoms with E-state index in [1.54, 1.807) is 12.3 Å². The van der Waals surface area contributed by atoms with E-state index in [9.17, 15) is 0 Å². The van der Waals surface area contributed by atoms with Gasteiger partial charge in [0.05, 0.1) is 21.1 Å². The number of aromatic amines is 1. The van der Waals surface area contributed by atoms with Gasteiger partial charge in [-0.05, 0) is 36.8 Å². The molecule has 1 aromatic carbocycles. The molecule has 2 heterocycles. The SMILES string of the molecule is S=c1[nH]c2cc(Cl)c(Cl)cc2n1CCCn1cccn1. The highest BCUT2D eigenvalue weighted by Gasteiger charge is 2.08. The number of aryl methyl sites for hydroxylation is 2. The molecule has 0 aliphatic carbocycles. The summed E-state index contributed by atoms with van der Waals surface area (Å²) in [5.74, 6) is 0. The standard InChI is InChI=1S/C13H12Cl2N4S/c14-9-7-11-12(8-10(9)15)19(13(20)17-11)6-2-5-18-4-1-3-16-18/h1,3-4,7-8H,2,5-6H2,(H,17,20). The van der Waals surface area contributed by atoms with Crippen LogP contribution in [0.2, 0.25) is 10.0 Å². The normalized spacial score (nSPS) is 11.3. The van der Waals surface area contributed by atoms with Crippen LogP contribution in [0.5, 0.6) is 0 Å². The van der Waals surface area contributed by atoms with E-state index >= 15 is 0 Å². The molecule has 0 radical (unpaired) electrons. The van der Waals surface area contributed by atoms with Crippen molar-refractivity contribution in [3.63, 3.8) is 0 Å². The van der Waals surface area contributed by atoms with Gasteiger partial charge in [-0.15, -0.1) is 0 Å². The molecule has 0 aliphatic heterocycles. The van der Waals surface area contributed by atoms with Gasteiger partial charge in [-0.2, -0.15) is 5.10 Å². The smallest absolute Gasteiger partial charge is 0.178 e. The molecule has 0 atom stereocenters. The van der Waals surface area contributed by atoms with Crippen LogP contribution in [0.1, 0.15) is 6.42 Å². The van der Waals surface area contributed by atoms with Crippen molar-refractivity contribution in [2.45, 2.75) is 19.5 Å². The van der Waals surface area contributed by atoms with Gasteiger partial charge in [0.1, 0.15) is 0 Å². The fraction of sp³-hybridized carbons (Fsp3) is 0.231. The van der Waals surface area contributed by atoms with Crippen LogP contribution in [-0.2, 0) is 13.1 Å². The Morgan fingerprint density at radius 3 is 2.75 bits per heavy atom. The predicted molar refractivity (Wildman–Crippen MR) is 84.0 cm³/mol. The summed E-state index contributed by atoms with van der Waals surface area (Å²) in [5, 5.41) is 5.24. The van der Waals surface area contributed by atoms with E-state index in [4.69, 9.17) is 35.4 Å². The van der Waals surface area contributed by atoms with E-state index in [1.807, 2.05) is 27.6 Å². The molecular weight excluding hydrogens is 315 g/mol. The lowest BCUT2D eigenvalue weighted by Crippen LogP contribution is -2.04. The first-order valence-corrected chi connectivity index (χ1v) is 7.36. The highest BCUT2D eigenvalue weighted by molar-refractivity contribution is 7.71. The lowest BCUT2D eigenvalue weighted by Gasteiger charge is -2.05. The summed E-state index contributed by atoms with van der Waals surface area (Å²) in [4.78, 5) is 3.15. The number of hydrogen-bond donors (Lipinski definition) is 1. The predicted octanol–water partition coefficient (Wildman–Crippen LogP) is 4.29. The van der Waals surface area contributed by atoms with E-state index < -0.39 is 0 Å². The van der Waals surface area contributed by atoms with E-state index in [-0.39, 0.29) is 0 Å². The van der Waals surface area contributed by atoms with Crippen molar-refractivity contribution in [1.82, 2.24) is 19.3 Å². The fourth-order valence-corrected chi connectivity index (χ4v) is 2.82. The van der Waals surface area contributed by atoms with E-state index in [1.165, 1.54) is 0 Å². The molecule has 3 aromatic rings. The quantitative estimate of drug-likeness (QED) is 0.726. The number of halogens is 2. The van der Waals surface area contributed by atoms with Crippen molar-refractivity contribution in [2.75, 3.05) is 0 Å². The Balaban J connectivity index is 1.85. The van der Waals surface area contributed by atoms with E-state index in [0.717, 1.165) is 30.5 Å². The number of aromatic nitrogens is 4. The molecule has 1 N–H and O–H groups in total. The second kappa shape index (κ2) is 5.60. The second-order valence-corrected chi connectivity index (χ2v) is 5.69. The Hall–Kier alpha value is -1.30. The van der Waals surface area contributed by atoms with Gasteiger partial charge in [0, 0.05) is 25.5 Å². The molecular formula is C13H12Cl2N4S. The number of benzene rings is 1. The third-order valence-electron chi connectivity index (χ3n) is 3.14. The molecule has 0 bridgehead atoms. The Bertz CT molecular complexity index is 789. The van der Waals surface area contributed by atoms with Gasteiger partial charge in [-0.3, -0.25) is 4.68 Å². The molecule has 3 rings (SSSR count). The van der Waals surface area contributed by atoms with E-state index in [0.29, 0.717) is 14.8 Å². The average Bonchev–Trinajstić information content (AvgIpc) is 3.01. The van der Waals surface area contributed by atoms with Crippen LogP contribution in [0, 0.1) is 4.77 Å². The van der Waals surface area contributed by atoms with Crippen molar-refractivity contribution >= 4 is 46.5 Å². The number of rotatable bonds is 4. The molecule has 4 nitrogen and oxygen atoms in total. The van der Waals surface area contributed by atoms with Gasteiger partial charge in [0.25, 0.3) is 0 Å². The van der Waals surface area contributed by atoms with Crippen molar-refractivity contribution in [2.24, 2.45) is 0 Å². The van der Waals surface area contributed by atoms with Gasteiger partial charge in [0.15, 0.2) is 4.77 Å². The Morgan fingerprint density at radius 1 is 1.20 bits per heavy atom. The molecule has 0 spiro atoms. The lowest BCUT2D eigenvalue weighted by atomic mass is 10.3. The molecule has 0 fully saturated rings. The Morgan fingerprint density at radius 2 is 2.00 bits per heavy atom. The molecule has 2 aromatic heterocycles. The molecule has 0 saturated heterocycles. The second-order valence-electron chi connectivity index (χ2n) is 4.49. The number of imidazole rings is 1. The van der Waals surface area contributed by atoms with Crippen LogP contribution in [0.25, 0.3) is 11.0 Å². The van der Waals surface area contributed by atoms with Crippen LogP contribution >= 0.6 is 35.4 Å². The fourth-order valence-electron chi connectivity index (χ4n) is 2.20. The van der Waals surface area contributed by atoms with Crippen LogP contribution in [-0.4, -0.2) is 19.3 Å². The summed E-state index contributed by atoms with van der Waals surface area (Å²) in [6.07, 6.45) is 4.66. The number of hydrogen-bond acceptors (Lipinski definition) is 2. The maximum absolute atomic E-state index is 6.08.